The molecule has 0 aromatic heterocycles. The van der Waals surface area contributed by atoms with Crippen LogP contribution < -0.4 is 20.4 Å². The van der Waals surface area contributed by atoms with Crippen LogP contribution in [0.1, 0.15) is 85.5 Å². The zero-order chi connectivity index (χ0) is 50.1. The van der Waals surface area contributed by atoms with Crippen molar-refractivity contribution in [1.82, 2.24) is 10.2 Å². The first-order valence-electron chi connectivity index (χ1n) is 24.7. The van der Waals surface area contributed by atoms with E-state index in [2.05, 4.69) is 33.5 Å². The molecule has 0 bridgehead atoms. The number of hydrogen-bond donors (Lipinski definition) is 3. The number of esters is 2. The van der Waals surface area contributed by atoms with Gasteiger partial charge in [0.05, 0.1) is 44.0 Å². The lowest BCUT2D eigenvalue weighted by Crippen LogP contribution is -2.57. The van der Waals surface area contributed by atoms with Crippen LogP contribution in [0.2, 0.25) is 0 Å². The molecule has 4 aliphatic heterocycles. The molecule has 1 spiro atoms. The highest BCUT2D eigenvalue weighted by Crippen LogP contribution is 2.66. The number of benzene rings is 5. The van der Waals surface area contributed by atoms with Crippen LogP contribution in [0.3, 0.4) is 0 Å². The lowest BCUT2D eigenvalue weighted by molar-refractivity contribution is -0.177. The second-order valence-corrected chi connectivity index (χ2v) is 19.3. The molecule has 72 heavy (non-hydrogen) atoms. The van der Waals surface area contributed by atoms with E-state index in [0.717, 1.165) is 47.4 Å². The van der Waals surface area contributed by atoms with E-state index in [9.17, 15) is 9.90 Å². The van der Waals surface area contributed by atoms with E-state index in [1.54, 1.807) is 56.3 Å². The zero-order valence-electron chi connectivity index (χ0n) is 40.5. The molecule has 368 valence electrons. The van der Waals surface area contributed by atoms with Gasteiger partial charge < -0.3 is 34.9 Å². The molecule has 1 aliphatic carbocycles. The summed E-state index contributed by atoms with van der Waals surface area (Å²) in [6.45, 7) is 6.08. The molecule has 3 N–H and O–H groups in total. The molecule has 4 amide bonds. The fraction of sp³-hybridized carbons (Fsp3) is 0.328. The van der Waals surface area contributed by atoms with Gasteiger partial charge in [-0.05, 0) is 114 Å². The number of aromatic hydroxyl groups is 1. The molecule has 3 fully saturated rings. The summed E-state index contributed by atoms with van der Waals surface area (Å²) < 4.78 is 17.3. The number of phenols is 1. The van der Waals surface area contributed by atoms with Crippen molar-refractivity contribution in [2.45, 2.75) is 75.2 Å². The smallest absolute Gasteiger partial charge is 0.329 e. The van der Waals surface area contributed by atoms with Gasteiger partial charge in [-0.3, -0.25) is 19.3 Å². The van der Waals surface area contributed by atoms with Crippen molar-refractivity contribution in [3.63, 3.8) is 0 Å². The van der Waals surface area contributed by atoms with Crippen LogP contribution in [0.15, 0.2) is 139 Å². The second-order valence-electron chi connectivity index (χ2n) is 19.3. The Balaban J connectivity index is 1.23. The van der Waals surface area contributed by atoms with Crippen molar-refractivity contribution in [2.75, 3.05) is 48.5 Å². The fourth-order valence-electron chi connectivity index (χ4n) is 11.4. The average molecular weight is 968 g/mol. The van der Waals surface area contributed by atoms with E-state index < -0.39 is 77.3 Å². The molecular weight excluding hydrogens is 911 g/mol. The second kappa shape index (κ2) is 20.2. The van der Waals surface area contributed by atoms with Gasteiger partial charge in [-0.15, -0.1) is 0 Å². The number of allylic oxidation sites excluding steroid dienone is 2. The summed E-state index contributed by atoms with van der Waals surface area (Å²) >= 11 is 0. The Kier molecular flexibility index (Phi) is 13.4. The lowest BCUT2D eigenvalue weighted by Gasteiger charge is -2.46. The summed E-state index contributed by atoms with van der Waals surface area (Å²) in [6.07, 6.45) is 5.03. The molecule has 4 heterocycles. The van der Waals surface area contributed by atoms with E-state index in [0.29, 0.717) is 48.7 Å². The Morgan fingerprint density at radius 3 is 2.15 bits per heavy atom. The van der Waals surface area contributed by atoms with E-state index in [-0.39, 0.29) is 17.0 Å². The predicted octanol–water partition coefficient (Wildman–Crippen LogP) is 8.29. The first-order valence-corrected chi connectivity index (χ1v) is 24.7. The van der Waals surface area contributed by atoms with Crippen LogP contribution in [0, 0.1) is 23.7 Å². The van der Waals surface area contributed by atoms with Crippen molar-refractivity contribution in [1.29, 1.82) is 0 Å². The third-order valence-electron chi connectivity index (χ3n) is 14.7. The molecule has 5 aromatic rings. The van der Waals surface area contributed by atoms with E-state index in [4.69, 9.17) is 14.2 Å². The highest BCUT2D eigenvalue weighted by molar-refractivity contribution is 6.25. The molecule has 0 saturated carbocycles. The molecule has 14 nitrogen and oxygen atoms in total. The van der Waals surface area contributed by atoms with Crippen molar-refractivity contribution >= 4 is 46.8 Å². The third-order valence-corrected chi connectivity index (χ3v) is 14.7. The number of nitrogens with one attached hydrogen (secondary N) is 2. The molecule has 14 heteroatoms. The van der Waals surface area contributed by atoms with Gasteiger partial charge in [-0.25, -0.2) is 14.5 Å². The first-order chi connectivity index (χ1) is 35.0. The highest BCUT2D eigenvalue weighted by Gasteiger charge is 2.75. The van der Waals surface area contributed by atoms with Gasteiger partial charge in [0.15, 0.2) is 0 Å². The van der Waals surface area contributed by atoms with Crippen LogP contribution in [-0.4, -0.2) is 85.3 Å². The number of phenolic OH excluding ortho intramolecular Hbond substituents is 1. The number of cyclic esters (lactones) is 1. The van der Waals surface area contributed by atoms with Gasteiger partial charge in [-0.2, -0.15) is 0 Å². The number of imide groups is 1. The summed E-state index contributed by atoms with van der Waals surface area (Å²) in [7, 11) is 1.22. The number of morpholine rings is 2. The third kappa shape index (κ3) is 8.66. The maximum absolute atomic E-state index is 16.7. The summed E-state index contributed by atoms with van der Waals surface area (Å²) in [5.74, 6) is 1.65. The number of anilines is 3. The van der Waals surface area contributed by atoms with E-state index in [1.807, 2.05) is 77.7 Å². The Morgan fingerprint density at radius 2 is 1.50 bits per heavy atom. The summed E-state index contributed by atoms with van der Waals surface area (Å²) in [5, 5.41) is 16.7. The molecular formula is C58H57N5O9. The number of rotatable bonds is 9. The quantitative estimate of drug-likeness (QED) is 0.0961. The molecule has 3 saturated heterocycles. The Hall–Kier alpha value is -7.73. The zero-order valence-corrected chi connectivity index (χ0v) is 40.5. The van der Waals surface area contributed by atoms with Crippen molar-refractivity contribution in [3.8, 4) is 17.6 Å². The minimum Gasteiger partial charge on any atom is -0.508 e. The monoisotopic (exact) mass is 967 g/mol. The van der Waals surface area contributed by atoms with Gasteiger partial charge in [-0.1, -0.05) is 105 Å². The van der Waals surface area contributed by atoms with Gasteiger partial charge in [0.25, 0.3) is 0 Å². The lowest BCUT2D eigenvalue weighted by atomic mass is 9.65. The highest BCUT2D eigenvalue weighted by atomic mass is 16.6. The molecule has 10 rings (SSSR count). The number of nitrogens with zero attached hydrogens (tertiary/aromatic N) is 3. The molecule has 0 radical (unpaired) electrons. The van der Waals surface area contributed by atoms with Gasteiger partial charge >= 0.3 is 18.0 Å². The Labute approximate surface area is 418 Å². The van der Waals surface area contributed by atoms with Crippen LogP contribution >= 0.6 is 0 Å². The average Bonchev–Trinajstić information content (AvgIpc) is 3.87. The maximum atomic E-state index is 16.7. The van der Waals surface area contributed by atoms with Crippen molar-refractivity contribution in [2.24, 2.45) is 11.8 Å². The number of carbonyl (C=O) groups is 5. The van der Waals surface area contributed by atoms with Gasteiger partial charge in [0.1, 0.15) is 29.4 Å². The number of ether oxygens (including phenoxy) is 3. The fourth-order valence-corrected chi connectivity index (χ4v) is 11.4. The summed E-state index contributed by atoms with van der Waals surface area (Å²) in [4.78, 5) is 81.8. The molecule has 7 unspecified atom stereocenters. The van der Waals surface area contributed by atoms with Crippen LogP contribution in [-0.2, 0) is 38.8 Å². The van der Waals surface area contributed by atoms with E-state index >= 15 is 19.2 Å². The topological polar surface area (TPSA) is 167 Å². The molecule has 5 aliphatic rings. The first kappa shape index (κ1) is 47.9. The number of fused-ring (bicyclic) bond motifs is 3. The largest absolute Gasteiger partial charge is 0.508 e. The predicted molar refractivity (Wildman–Crippen MR) is 271 cm³/mol. The van der Waals surface area contributed by atoms with Crippen molar-refractivity contribution in [3.05, 3.63) is 167 Å². The van der Waals surface area contributed by atoms with E-state index in [1.165, 1.54) is 19.2 Å². The number of amides is 4. The van der Waals surface area contributed by atoms with Crippen molar-refractivity contribution < 1.29 is 43.3 Å². The van der Waals surface area contributed by atoms with Gasteiger partial charge in [0.2, 0.25) is 11.8 Å². The minimum absolute atomic E-state index is 0.0479. The van der Waals surface area contributed by atoms with Crippen LogP contribution in [0.4, 0.5) is 21.9 Å². The standard InChI is InChI=1S/C58H57N5O9/c1-36(2)48(54(66)70-3)60-57(69)62-46-30-21-38(20-19-37-13-7-4-8-14-37)35-45(46)58(56(62)68)47(53(65)59-42-24-26-43(27-25-42)61-31-33-71-34-32-61)50-55(67)72-51(40-17-11-6-12-18-40)49(39-15-9-5-10-16-39)63(50)52(58)41-22-28-44(64)29-23-41/h5-6,9-13,15-18,21-30,35-36,47-52,64H,4,7-8,14,31-34H2,1-3H3,(H,59,65)(H,60,69). The van der Waals surface area contributed by atoms with Crippen LogP contribution in [0.25, 0.3) is 0 Å². The Morgan fingerprint density at radius 1 is 0.806 bits per heavy atom. The SMILES string of the molecule is COC(=O)C(NC(=O)N1C(=O)C2(c3cc(C#CC4=CCCCC4)ccc31)C(C(=O)Nc1ccc(N3CCOCC3)cc1)C1C(=O)OC(c3ccccc3)C(c3ccccc3)N1C2c1ccc(O)cc1)C(C)C. The normalized spacial score (nSPS) is 24.1. The minimum atomic E-state index is -2.09. The summed E-state index contributed by atoms with van der Waals surface area (Å²) in [6, 6.07) is 32.2. The molecule has 7 atom stereocenters. The number of methoxy groups -OCH3 is 1. The summed E-state index contributed by atoms with van der Waals surface area (Å²) in [5.41, 5.74) is 3.08. The number of hydrogen-bond acceptors (Lipinski definition) is 11. The van der Waals surface area contributed by atoms with Crippen LogP contribution in [0.5, 0.6) is 5.75 Å². The number of carbonyl (C=O) groups excluding carboxylic acids is 5. The molecule has 5 aromatic carbocycles. The number of urea groups is 1. The van der Waals surface area contributed by atoms with Gasteiger partial charge in [0, 0.05) is 30.0 Å². The maximum Gasteiger partial charge on any atom is 0.329 e. The Bertz CT molecular complexity index is 2960.